The molecule has 1 saturated carbocycles. The van der Waals surface area contributed by atoms with Gasteiger partial charge in [-0.05, 0) is 56.3 Å². The Morgan fingerprint density at radius 2 is 2.05 bits per heavy atom. The van der Waals surface area contributed by atoms with Gasteiger partial charge in [-0.1, -0.05) is 15.9 Å². The van der Waals surface area contributed by atoms with E-state index in [0.29, 0.717) is 5.92 Å². The fourth-order valence-corrected chi connectivity index (χ4v) is 3.05. The minimum atomic E-state index is -0.0681. The van der Waals surface area contributed by atoms with Crippen LogP contribution in [0.4, 0.5) is 0 Å². The molecular formula is C15H22BrNO2. The molecule has 1 aromatic carbocycles. The van der Waals surface area contributed by atoms with Gasteiger partial charge < -0.3 is 15.2 Å². The van der Waals surface area contributed by atoms with E-state index >= 15 is 0 Å². The van der Waals surface area contributed by atoms with E-state index in [0.717, 1.165) is 49.0 Å². The van der Waals surface area contributed by atoms with Gasteiger partial charge in [0.2, 0.25) is 0 Å². The van der Waals surface area contributed by atoms with Gasteiger partial charge in [0.25, 0.3) is 0 Å². The third kappa shape index (κ3) is 4.48. The molecule has 0 spiro atoms. The molecule has 106 valence electrons. The van der Waals surface area contributed by atoms with Crippen molar-refractivity contribution in [3.8, 4) is 5.75 Å². The van der Waals surface area contributed by atoms with Gasteiger partial charge in [0.05, 0.1) is 13.2 Å². The number of aliphatic hydroxyl groups excluding tert-OH is 1. The predicted octanol–water partition coefficient (Wildman–Crippen LogP) is 3.10. The van der Waals surface area contributed by atoms with Gasteiger partial charge in [-0.2, -0.15) is 0 Å². The van der Waals surface area contributed by atoms with E-state index < -0.39 is 0 Å². The lowest BCUT2D eigenvalue weighted by atomic mass is 9.87. The number of aliphatic hydroxyl groups is 1. The highest BCUT2D eigenvalue weighted by molar-refractivity contribution is 9.10. The fourth-order valence-electron chi connectivity index (χ4n) is 2.65. The molecule has 0 bridgehead atoms. The molecule has 0 aliphatic heterocycles. The normalized spacial score (nSPS) is 23.3. The summed E-state index contributed by atoms with van der Waals surface area (Å²) in [6.45, 7) is 1.84. The van der Waals surface area contributed by atoms with E-state index in [1.807, 2.05) is 12.1 Å². The average Bonchev–Trinajstić information content (AvgIpc) is 2.41. The lowest BCUT2D eigenvalue weighted by Gasteiger charge is -2.25. The molecule has 1 fully saturated rings. The van der Waals surface area contributed by atoms with Crippen LogP contribution in [0.15, 0.2) is 22.7 Å². The van der Waals surface area contributed by atoms with Crippen molar-refractivity contribution in [2.45, 2.75) is 38.3 Å². The zero-order valence-electron chi connectivity index (χ0n) is 11.4. The lowest BCUT2D eigenvalue weighted by Crippen LogP contribution is -2.27. The molecule has 0 heterocycles. The molecule has 0 atom stereocenters. The van der Waals surface area contributed by atoms with Gasteiger partial charge in [0.15, 0.2) is 0 Å². The molecule has 0 aromatic heterocycles. The molecule has 0 unspecified atom stereocenters. The Labute approximate surface area is 123 Å². The molecule has 1 aliphatic rings. The highest BCUT2D eigenvalue weighted by atomic mass is 79.9. The van der Waals surface area contributed by atoms with E-state index in [2.05, 4.69) is 27.3 Å². The maximum absolute atomic E-state index is 9.49. The topological polar surface area (TPSA) is 41.5 Å². The molecule has 19 heavy (non-hydrogen) atoms. The molecule has 0 amide bonds. The van der Waals surface area contributed by atoms with Crippen LogP contribution in [0.5, 0.6) is 5.75 Å². The summed E-state index contributed by atoms with van der Waals surface area (Å²) >= 11 is 3.49. The highest BCUT2D eigenvalue weighted by Crippen LogP contribution is 2.25. The second-order valence-corrected chi connectivity index (χ2v) is 6.18. The van der Waals surface area contributed by atoms with Gasteiger partial charge in [-0.3, -0.25) is 0 Å². The van der Waals surface area contributed by atoms with Crippen molar-refractivity contribution in [1.29, 1.82) is 0 Å². The summed E-state index contributed by atoms with van der Waals surface area (Å²) in [7, 11) is 1.70. The van der Waals surface area contributed by atoms with Crippen LogP contribution < -0.4 is 10.1 Å². The number of methoxy groups -OCH3 is 1. The van der Waals surface area contributed by atoms with E-state index in [1.165, 1.54) is 5.56 Å². The van der Waals surface area contributed by atoms with Gasteiger partial charge in [0.1, 0.15) is 5.75 Å². The summed E-state index contributed by atoms with van der Waals surface area (Å²) in [5, 5.41) is 13.0. The second kappa shape index (κ2) is 7.27. The number of rotatable bonds is 5. The Bertz CT molecular complexity index is 403. The van der Waals surface area contributed by atoms with Crippen molar-refractivity contribution in [1.82, 2.24) is 5.32 Å². The first-order chi connectivity index (χ1) is 9.19. The third-order valence-electron chi connectivity index (χ3n) is 3.81. The maximum atomic E-state index is 9.49. The van der Waals surface area contributed by atoms with Crippen molar-refractivity contribution in [3.63, 3.8) is 0 Å². The largest absolute Gasteiger partial charge is 0.496 e. The van der Waals surface area contributed by atoms with Crippen molar-refractivity contribution in [3.05, 3.63) is 28.2 Å². The van der Waals surface area contributed by atoms with Crippen LogP contribution in [0.2, 0.25) is 0 Å². The first-order valence-electron chi connectivity index (χ1n) is 6.90. The first kappa shape index (κ1) is 14.8. The Morgan fingerprint density at radius 3 is 2.74 bits per heavy atom. The van der Waals surface area contributed by atoms with Gasteiger partial charge >= 0.3 is 0 Å². The smallest absolute Gasteiger partial charge is 0.123 e. The Balaban J connectivity index is 1.80. The van der Waals surface area contributed by atoms with E-state index in [1.54, 1.807) is 7.11 Å². The maximum Gasteiger partial charge on any atom is 0.123 e. The summed E-state index contributed by atoms with van der Waals surface area (Å²) in [6.07, 6.45) is 4.09. The van der Waals surface area contributed by atoms with Crippen molar-refractivity contribution in [2.75, 3.05) is 13.7 Å². The highest BCUT2D eigenvalue weighted by Gasteiger charge is 2.18. The van der Waals surface area contributed by atoms with Crippen molar-refractivity contribution >= 4 is 15.9 Å². The molecule has 3 nitrogen and oxygen atoms in total. The standard InChI is InChI=1S/C15H22BrNO2/c1-19-15-7-4-13(16)8-12(15)10-17-9-11-2-5-14(18)6-3-11/h4,7-8,11,14,17-18H,2-3,5-6,9-10H2,1H3. The molecule has 0 radical (unpaired) electrons. The van der Waals surface area contributed by atoms with Crippen molar-refractivity contribution < 1.29 is 9.84 Å². The number of ether oxygens (including phenoxy) is 1. The molecule has 2 N–H and O–H groups in total. The predicted molar refractivity (Wildman–Crippen MR) is 80.4 cm³/mol. The summed E-state index contributed by atoms with van der Waals surface area (Å²) < 4.78 is 6.44. The molecule has 1 aromatic rings. The monoisotopic (exact) mass is 327 g/mol. The first-order valence-corrected chi connectivity index (χ1v) is 7.69. The average molecular weight is 328 g/mol. The van der Waals surface area contributed by atoms with Crippen LogP contribution >= 0.6 is 15.9 Å². The molecule has 0 saturated heterocycles. The van der Waals surface area contributed by atoms with E-state index in [9.17, 15) is 5.11 Å². The quantitative estimate of drug-likeness (QED) is 0.873. The summed E-state index contributed by atoms with van der Waals surface area (Å²) in [4.78, 5) is 0. The van der Waals surface area contributed by atoms with Crippen LogP contribution in [0.1, 0.15) is 31.2 Å². The summed E-state index contributed by atoms with van der Waals surface area (Å²) in [6, 6.07) is 6.07. The molecule has 1 aliphatic carbocycles. The van der Waals surface area contributed by atoms with Crippen LogP contribution in [0.3, 0.4) is 0 Å². The number of hydrogen-bond acceptors (Lipinski definition) is 3. The Kier molecular flexibility index (Phi) is 5.67. The van der Waals surface area contributed by atoms with Gasteiger partial charge in [-0.25, -0.2) is 0 Å². The van der Waals surface area contributed by atoms with E-state index in [-0.39, 0.29) is 6.10 Å². The summed E-state index contributed by atoms with van der Waals surface area (Å²) in [5.41, 5.74) is 1.17. The zero-order valence-corrected chi connectivity index (χ0v) is 12.9. The van der Waals surface area contributed by atoms with Crippen LogP contribution in [-0.4, -0.2) is 24.9 Å². The number of hydrogen-bond donors (Lipinski definition) is 2. The summed E-state index contributed by atoms with van der Waals surface area (Å²) in [5.74, 6) is 1.62. The number of nitrogens with one attached hydrogen (secondary N) is 1. The minimum Gasteiger partial charge on any atom is -0.496 e. The van der Waals surface area contributed by atoms with Gasteiger partial charge in [-0.15, -0.1) is 0 Å². The molecule has 4 heteroatoms. The minimum absolute atomic E-state index is 0.0681. The number of benzene rings is 1. The molecular weight excluding hydrogens is 306 g/mol. The number of halogens is 1. The van der Waals surface area contributed by atoms with Crippen LogP contribution in [0, 0.1) is 5.92 Å². The SMILES string of the molecule is COc1ccc(Br)cc1CNCC1CCC(O)CC1. The Hall–Kier alpha value is -0.580. The van der Waals surface area contributed by atoms with Gasteiger partial charge in [0, 0.05) is 16.6 Å². The van der Waals surface area contributed by atoms with E-state index in [4.69, 9.17) is 4.74 Å². The lowest BCUT2D eigenvalue weighted by molar-refractivity contribution is 0.108. The Morgan fingerprint density at radius 1 is 1.32 bits per heavy atom. The fraction of sp³-hybridized carbons (Fsp3) is 0.600. The van der Waals surface area contributed by atoms with Crippen LogP contribution in [0.25, 0.3) is 0 Å². The molecule has 2 rings (SSSR count). The second-order valence-electron chi connectivity index (χ2n) is 5.26. The zero-order chi connectivity index (χ0) is 13.7. The van der Waals surface area contributed by atoms with Crippen LogP contribution in [-0.2, 0) is 6.54 Å². The van der Waals surface area contributed by atoms with Crippen molar-refractivity contribution in [2.24, 2.45) is 5.92 Å². The third-order valence-corrected chi connectivity index (χ3v) is 4.30.